The molecule has 1 aromatic carbocycles. The fourth-order valence-electron chi connectivity index (χ4n) is 1.53. The summed E-state index contributed by atoms with van der Waals surface area (Å²) in [4.78, 5) is 3.87. The van der Waals surface area contributed by atoms with Gasteiger partial charge in [-0.05, 0) is 25.2 Å². The fraction of sp³-hybridized carbons (Fsp3) is 0.154. The number of nitrogens with zero attached hydrogens (tertiary/aromatic N) is 1. The molecule has 0 fully saturated rings. The van der Waals surface area contributed by atoms with E-state index in [1.54, 1.807) is 7.05 Å². The van der Waals surface area contributed by atoms with Crippen LogP contribution in [-0.2, 0) is 6.54 Å². The summed E-state index contributed by atoms with van der Waals surface area (Å²) >= 11 is 5.66. The highest BCUT2D eigenvalue weighted by molar-refractivity contribution is 6.30. The van der Waals surface area contributed by atoms with Crippen LogP contribution in [0.4, 0.5) is 8.78 Å². The Morgan fingerprint density at radius 2 is 2.11 bits per heavy atom. The maximum Gasteiger partial charge on any atom is 0.223 e. The van der Waals surface area contributed by atoms with Crippen molar-refractivity contribution in [2.45, 2.75) is 6.54 Å². The zero-order chi connectivity index (χ0) is 13.8. The lowest BCUT2D eigenvalue weighted by atomic mass is 10.2. The molecular weight excluding hydrogens is 274 g/mol. The first kappa shape index (κ1) is 13.7. The minimum absolute atomic E-state index is 0.0465. The molecule has 0 saturated carbocycles. The Morgan fingerprint density at radius 1 is 1.32 bits per heavy atom. The predicted molar refractivity (Wildman–Crippen MR) is 68.4 cm³/mol. The van der Waals surface area contributed by atoms with Crippen molar-refractivity contribution in [3.8, 4) is 11.6 Å². The van der Waals surface area contributed by atoms with Gasteiger partial charge < -0.3 is 10.1 Å². The van der Waals surface area contributed by atoms with Gasteiger partial charge in [0.1, 0.15) is 17.4 Å². The average molecular weight is 285 g/mol. The van der Waals surface area contributed by atoms with E-state index < -0.39 is 11.6 Å². The molecule has 0 aliphatic heterocycles. The Morgan fingerprint density at radius 3 is 2.79 bits per heavy atom. The van der Waals surface area contributed by atoms with E-state index in [9.17, 15) is 8.78 Å². The van der Waals surface area contributed by atoms with Crippen LogP contribution in [0.2, 0.25) is 5.02 Å². The molecule has 2 aromatic rings. The molecule has 0 radical (unpaired) electrons. The molecule has 19 heavy (non-hydrogen) atoms. The van der Waals surface area contributed by atoms with E-state index in [1.165, 1.54) is 24.3 Å². The van der Waals surface area contributed by atoms with Crippen LogP contribution in [0, 0.1) is 11.6 Å². The van der Waals surface area contributed by atoms with Gasteiger partial charge >= 0.3 is 0 Å². The standard InChI is InChI=1S/C13H11ClF2N2O/c1-17-6-8-4-9(15)7-18-13(8)19-10-2-3-12(16)11(14)5-10/h2-5,7,17H,6H2,1H3. The minimum Gasteiger partial charge on any atom is -0.439 e. The Balaban J connectivity index is 2.29. The number of nitrogens with one attached hydrogen (secondary N) is 1. The van der Waals surface area contributed by atoms with Crippen LogP contribution in [0.3, 0.4) is 0 Å². The van der Waals surface area contributed by atoms with E-state index in [-0.39, 0.29) is 10.9 Å². The van der Waals surface area contributed by atoms with Crippen molar-refractivity contribution in [3.05, 3.63) is 52.7 Å². The molecule has 0 saturated heterocycles. The lowest BCUT2D eigenvalue weighted by Crippen LogP contribution is -2.07. The van der Waals surface area contributed by atoms with Gasteiger partial charge in [-0.15, -0.1) is 0 Å². The second-order valence-electron chi connectivity index (χ2n) is 3.83. The Hall–Kier alpha value is -1.72. The quantitative estimate of drug-likeness (QED) is 0.933. The molecule has 1 heterocycles. The molecule has 0 bridgehead atoms. The monoisotopic (exact) mass is 284 g/mol. The SMILES string of the molecule is CNCc1cc(F)cnc1Oc1ccc(F)c(Cl)c1. The molecule has 0 unspecified atom stereocenters. The highest BCUT2D eigenvalue weighted by atomic mass is 35.5. The van der Waals surface area contributed by atoms with Gasteiger partial charge in [0, 0.05) is 18.2 Å². The van der Waals surface area contributed by atoms with Crippen LogP contribution < -0.4 is 10.1 Å². The van der Waals surface area contributed by atoms with E-state index in [0.717, 1.165) is 6.20 Å². The summed E-state index contributed by atoms with van der Waals surface area (Å²) in [7, 11) is 1.73. The third kappa shape index (κ3) is 3.39. The fourth-order valence-corrected chi connectivity index (χ4v) is 1.70. The van der Waals surface area contributed by atoms with Gasteiger partial charge in [0.05, 0.1) is 11.2 Å². The zero-order valence-corrected chi connectivity index (χ0v) is 10.8. The van der Waals surface area contributed by atoms with Crippen LogP contribution in [-0.4, -0.2) is 12.0 Å². The van der Waals surface area contributed by atoms with Crippen molar-refractivity contribution < 1.29 is 13.5 Å². The van der Waals surface area contributed by atoms with Crippen molar-refractivity contribution in [2.24, 2.45) is 0 Å². The van der Waals surface area contributed by atoms with Crippen molar-refractivity contribution in [2.75, 3.05) is 7.05 Å². The highest BCUT2D eigenvalue weighted by Crippen LogP contribution is 2.27. The summed E-state index contributed by atoms with van der Waals surface area (Å²) in [5.41, 5.74) is 0.558. The molecule has 6 heteroatoms. The van der Waals surface area contributed by atoms with Gasteiger partial charge in [-0.3, -0.25) is 0 Å². The first-order valence-corrected chi connectivity index (χ1v) is 5.90. The Kier molecular flexibility index (Phi) is 4.29. The van der Waals surface area contributed by atoms with Gasteiger partial charge in [0.15, 0.2) is 0 Å². The van der Waals surface area contributed by atoms with Crippen molar-refractivity contribution in [3.63, 3.8) is 0 Å². The van der Waals surface area contributed by atoms with Crippen LogP contribution in [0.5, 0.6) is 11.6 Å². The van der Waals surface area contributed by atoms with Gasteiger partial charge in [-0.25, -0.2) is 13.8 Å². The molecule has 0 amide bonds. The number of benzene rings is 1. The second-order valence-corrected chi connectivity index (χ2v) is 4.23. The predicted octanol–water partition coefficient (Wildman–Crippen LogP) is 3.52. The lowest BCUT2D eigenvalue weighted by Gasteiger charge is -2.10. The van der Waals surface area contributed by atoms with Crippen molar-refractivity contribution in [1.29, 1.82) is 0 Å². The minimum atomic E-state index is -0.531. The molecule has 1 N–H and O–H groups in total. The van der Waals surface area contributed by atoms with Crippen LogP contribution in [0.15, 0.2) is 30.5 Å². The third-order valence-corrected chi connectivity index (χ3v) is 2.65. The van der Waals surface area contributed by atoms with Gasteiger partial charge in [-0.1, -0.05) is 11.6 Å². The molecule has 0 atom stereocenters. The topological polar surface area (TPSA) is 34.2 Å². The van der Waals surface area contributed by atoms with Gasteiger partial charge in [0.25, 0.3) is 0 Å². The molecular formula is C13H11ClF2N2O. The summed E-state index contributed by atoms with van der Waals surface area (Å²) in [5, 5.41) is 2.84. The number of halogens is 3. The number of pyridine rings is 1. The molecule has 0 spiro atoms. The molecule has 2 rings (SSSR count). The summed E-state index contributed by atoms with van der Waals surface area (Å²) in [6.45, 7) is 0.398. The summed E-state index contributed by atoms with van der Waals surface area (Å²) in [6, 6.07) is 5.28. The summed E-state index contributed by atoms with van der Waals surface area (Å²) in [5.74, 6) is -0.396. The Labute approximate surface area is 114 Å². The summed E-state index contributed by atoms with van der Waals surface area (Å²) < 4.78 is 31.6. The molecule has 0 aliphatic carbocycles. The van der Waals surface area contributed by atoms with Gasteiger partial charge in [-0.2, -0.15) is 0 Å². The number of hydrogen-bond donors (Lipinski definition) is 1. The van der Waals surface area contributed by atoms with Gasteiger partial charge in [0.2, 0.25) is 5.88 Å². The average Bonchev–Trinajstić information content (AvgIpc) is 2.37. The maximum absolute atomic E-state index is 13.1. The molecule has 100 valence electrons. The smallest absolute Gasteiger partial charge is 0.223 e. The number of aromatic nitrogens is 1. The van der Waals surface area contributed by atoms with E-state index in [2.05, 4.69) is 10.3 Å². The number of ether oxygens (including phenoxy) is 1. The van der Waals surface area contributed by atoms with E-state index in [1.807, 2.05) is 0 Å². The second kappa shape index (κ2) is 5.95. The van der Waals surface area contributed by atoms with Crippen molar-refractivity contribution >= 4 is 11.6 Å². The third-order valence-electron chi connectivity index (χ3n) is 2.36. The molecule has 3 nitrogen and oxygen atoms in total. The number of rotatable bonds is 4. The van der Waals surface area contributed by atoms with E-state index in [4.69, 9.17) is 16.3 Å². The normalized spacial score (nSPS) is 10.5. The lowest BCUT2D eigenvalue weighted by molar-refractivity contribution is 0.448. The first-order chi connectivity index (χ1) is 9.10. The molecule has 1 aromatic heterocycles. The van der Waals surface area contributed by atoms with E-state index >= 15 is 0 Å². The first-order valence-electron chi connectivity index (χ1n) is 5.52. The van der Waals surface area contributed by atoms with Crippen LogP contribution >= 0.6 is 11.6 Å². The highest BCUT2D eigenvalue weighted by Gasteiger charge is 2.09. The Bertz CT molecular complexity index is 593. The largest absolute Gasteiger partial charge is 0.439 e. The van der Waals surface area contributed by atoms with Crippen molar-refractivity contribution in [1.82, 2.24) is 10.3 Å². The molecule has 0 aliphatic rings. The zero-order valence-electron chi connectivity index (χ0n) is 10.1. The number of hydrogen-bond acceptors (Lipinski definition) is 3. The van der Waals surface area contributed by atoms with E-state index in [0.29, 0.717) is 17.9 Å². The summed E-state index contributed by atoms with van der Waals surface area (Å²) in [6.07, 6.45) is 1.06. The maximum atomic E-state index is 13.1. The van der Waals surface area contributed by atoms with Crippen LogP contribution in [0.1, 0.15) is 5.56 Å². The van der Waals surface area contributed by atoms with Crippen LogP contribution in [0.25, 0.3) is 0 Å².